The SMILES string of the molecule is C#CCn1c(C)nc(-c2ccc(OC)c(F)c2)c1N. The van der Waals surface area contributed by atoms with Gasteiger partial charge in [0.25, 0.3) is 0 Å². The molecule has 0 fully saturated rings. The number of benzene rings is 1. The van der Waals surface area contributed by atoms with Gasteiger partial charge in [-0.15, -0.1) is 6.42 Å². The van der Waals surface area contributed by atoms with Crippen molar-refractivity contribution in [3.05, 3.63) is 29.8 Å². The number of terminal acetylenes is 1. The van der Waals surface area contributed by atoms with Gasteiger partial charge < -0.3 is 15.0 Å². The molecule has 0 aliphatic rings. The first kappa shape index (κ1) is 13.0. The minimum absolute atomic E-state index is 0.183. The van der Waals surface area contributed by atoms with E-state index in [1.165, 1.54) is 13.2 Å². The molecule has 0 spiro atoms. The van der Waals surface area contributed by atoms with E-state index < -0.39 is 5.82 Å². The average molecular weight is 259 g/mol. The topological polar surface area (TPSA) is 53.1 Å². The van der Waals surface area contributed by atoms with Crippen molar-refractivity contribution < 1.29 is 9.13 Å². The highest BCUT2D eigenvalue weighted by molar-refractivity contribution is 5.71. The van der Waals surface area contributed by atoms with E-state index in [0.29, 0.717) is 29.4 Å². The summed E-state index contributed by atoms with van der Waals surface area (Å²) in [4.78, 5) is 4.33. The molecule has 2 N–H and O–H groups in total. The van der Waals surface area contributed by atoms with Gasteiger partial charge >= 0.3 is 0 Å². The molecule has 0 radical (unpaired) electrons. The number of rotatable bonds is 3. The average Bonchev–Trinajstić information content (AvgIpc) is 2.67. The molecule has 0 bridgehead atoms. The van der Waals surface area contributed by atoms with E-state index >= 15 is 0 Å². The fourth-order valence-corrected chi connectivity index (χ4v) is 1.90. The quantitative estimate of drug-likeness (QED) is 0.860. The molecule has 2 aromatic rings. The number of nitrogens with two attached hydrogens (primary N) is 1. The Kier molecular flexibility index (Phi) is 3.43. The van der Waals surface area contributed by atoms with Crippen LogP contribution in [0, 0.1) is 25.1 Å². The number of nitrogen functional groups attached to an aromatic ring is 1. The monoisotopic (exact) mass is 259 g/mol. The van der Waals surface area contributed by atoms with E-state index in [9.17, 15) is 4.39 Å². The summed E-state index contributed by atoms with van der Waals surface area (Å²) in [5.74, 6) is 3.36. The van der Waals surface area contributed by atoms with Crippen molar-refractivity contribution in [1.82, 2.24) is 9.55 Å². The third-order valence-electron chi connectivity index (χ3n) is 2.87. The van der Waals surface area contributed by atoms with E-state index in [2.05, 4.69) is 10.9 Å². The Labute approximate surface area is 111 Å². The zero-order valence-electron chi connectivity index (χ0n) is 10.8. The number of hydrogen-bond acceptors (Lipinski definition) is 3. The number of nitrogens with zero attached hydrogens (tertiary/aromatic N) is 2. The lowest BCUT2D eigenvalue weighted by atomic mass is 10.1. The molecule has 5 heteroatoms. The van der Waals surface area contributed by atoms with Gasteiger partial charge in [0.2, 0.25) is 0 Å². The van der Waals surface area contributed by atoms with Gasteiger partial charge in [-0.1, -0.05) is 5.92 Å². The van der Waals surface area contributed by atoms with Crippen molar-refractivity contribution >= 4 is 5.82 Å². The predicted molar refractivity (Wildman–Crippen MR) is 72.2 cm³/mol. The fourth-order valence-electron chi connectivity index (χ4n) is 1.90. The van der Waals surface area contributed by atoms with E-state index in [1.54, 1.807) is 23.6 Å². The first-order valence-corrected chi connectivity index (χ1v) is 5.68. The molecule has 0 aliphatic heterocycles. The van der Waals surface area contributed by atoms with Gasteiger partial charge in [0, 0.05) is 5.56 Å². The molecule has 0 atom stereocenters. The highest BCUT2D eigenvalue weighted by atomic mass is 19.1. The number of imidazole rings is 1. The molecule has 19 heavy (non-hydrogen) atoms. The molecule has 0 unspecified atom stereocenters. The highest BCUT2D eigenvalue weighted by Crippen LogP contribution is 2.29. The standard InChI is InChI=1S/C14H14FN3O/c1-4-7-18-9(2)17-13(14(18)16)10-5-6-12(19-3)11(15)8-10/h1,5-6,8H,7,16H2,2-3H3. The van der Waals surface area contributed by atoms with Gasteiger partial charge in [-0.25, -0.2) is 9.37 Å². The van der Waals surface area contributed by atoms with Crippen LogP contribution in [-0.2, 0) is 6.54 Å². The van der Waals surface area contributed by atoms with Gasteiger partial charge in [-0.2, -0.15) is 0 Å². The summed E-state index contributed by atoms with van der Waals surface area (Å²) in [5.41, 5.74) is 7.11. The fraction of sp³-hybridized carbons (Fsp3) is 0.214. The van der Waals surface area contributed by atoms with Crippen LogP contribution in [0.2, 0.25) is 0 Å². The summed E-state index contributed by atoms with van der Waals surface area (Å²) < 4.78 is 20.3. The van der Waals surface area contributed by atoms with Crippen molar-refractivity contribution in [3.63, 3.8) is 0 Å². The van der Waals surface area contributed by atoms with Crippen LogP contribution in [-0.4, -0.2) is 16.7 Å². The van der Waals surface area contributed by atoms with Gasteiger partial charge in [-0.05, 0) is 25.1 Å². The van der Waals surface area contributed by atoms with Crippen molar-refractivity contribution in [1.29, 1.82) is 0 Å². The van der Waals surface area contributed by atoms with E-state index in [-0.39, 0.29) is 5.75 Å². The summed E-state index contributed by atoms with van der Waals surface area (Å²) >= 11 is 0. The zero-order valence-corrected chi connectivity index (χ0v) is 10.8. The Morgan fingerprint density at radius 1 is 1.53 bits per heavy atom. The van der Waals surface area contributed by atoms with Gasteiger partial charge in [0.1, 0.15) is 17.3 Å². The van der Waals surface area contributed by atoms with Crippen LogP contribution in [0.3, 0.4) is 0 Å². The van der Waals surface area contributed by atoms with Crippen LogP contribution < -0.4 is 10.5 Å². The van der Waals surface area contributed by atoms with Crippen LogP contribution in [0.15, 0.2) is 18.2 Å². The maximum Gasteiger partial charge on any atom is 0.165 e. The normalized spacial score (nSPS) is 10.2. The number of ether oxygens (including phenoxy) is 1. The summed E-state index contributed by atoms with van der Waals surface area (Å²) in [6.45, 7) is 2.14. The Balaban J connectivity index is 2.51. The van der Waals surface area contributed by atoms with Crippen molar-refractivity contribution in [3.8, 4) is 29.4 Å². The molecule has 4 nitrogen and oxygen atoms in total. The van der Waals surface area contributed by atoms with Crippen molar-refractivity contribution in [2.45, 2.75) is 13.5 Å². The van der Waals surface area contributed by atoms with E-state index in [4.69, 9.17) is 16.9 Å². The largest absolute Gasteiger partial charge is 0.494 e. The van der Waals surface area contributed by atoms with Crippen LogP contribution in [0.5, 0.6) is 5.75 Å². The third-order valence-corrected chi connectivity index (χ3v) is 2.87. The molecular formula is C14H14FN3O. The molecule has 0 aliphatic carbocycles. The minimum Gasteiger partial charge on any atom is -0.494 e. The smallest absolute Gasteiger partial charge is 0.165 e. The molecule has 0 saturated carbocycles. The van der Waals surface area contributed by atoms with Gasteiger partial charge in [0.05, 0.1) is 13.7 Å². The lowest BCUT2D eigenvalue weighted by molar-refractivity contribution is 0.386. The first-order valence-electron chi connectivity index (χ1n) is 5.68. The number of anilines is 1. The zero-order chi connectivity index (χ0) is 14.0. The second-order valence-electron chi connectivity index (χ2n) is 4.03. The third kappa shape index (κ3) is 2.25. The summed E-state index contributed by atoms with van der Waals surface area (Å²) in [5, 5.41) is 0. The molecule has 0 amide bonds. The molecule has 2 rings (SSSR count). The lowest BCUT2D eigenvalue weighted by Gasteiger charge is -2.05. The van der Waals surface area contributed by atoms with Gasteiger partial charge in [-0.3, -0.25) is 0 Å². The number of aromatic nitrogens is 2. The number of hydrogen-bond donors (Lipinski definition) is 1. The highest BCUT2D eigenvalue weighted by Gasteiger charge is 2.14. The second kappa shape index (κ2) is 5.02. The maximum atomic E-state index is 13.7. The summed E-state index contributed by atoms with van der Waals surface area (Å²) in [6.07, 6.45) is 5.28. The van der Waals surface area contributed by atoms with Crippen LogP contribution in [0.1, 0.15) is 5.82 Å². The van der Waals surface area contributed by atoms with Crippen LogP contribution in [0.25, 0.3) is 11.3 Å². The number of halogens is 1. The van der Waals surface area contributed by atoms with Crippen molar-refractivity contribution in [2.75, 3.05) is 12.8 Å². The summed E-state index contributed by atoms with van der Waals surface area (Å²) in [7, 11) is 1.41. The molecule has 1 heterocycles. The Hall–Kier alpha value is -2.48. The summed E-state index contributed by atoms with van der Waals surface area (Å²) in [6, 6.07) is 4.59. The number of methoxy groups -OCH3 is 1. The van der Waals surface area contributed by atoms with Crippen molar-refractivity contribution in [2.24, 2.45) is 0 Å². The number of aryl methyl sites for hydroxylation is 1. The molecule has 98 valence electrons. The van der Waals surface area contributed by atoms with E-state index in [1.807, 2.05) is 0 Å². The minimum atomic E-state index is -0.455. The first-order chi connectivity index (χ1) is 9.08. The Morgan fingerprint density at radius 2 is 2.26 bits per heavy atom. The molecule has 0 saturated heterocycles. The molecule has 1 aromatic carbocycles. The Morgan fingerprint density at radius 3 is 2.84 bits per heavy atom. The molecular weight excluding hydrogens is 245 g/mol. The lowest BCUT2D eigenvalue weighted by Crippen LogP contribution is -2.03. The molecule has 1 aromatic heterocycles. The predicted octanol–water partition coefficient (Wildman–Crippen LogP) is 2.22. The maximum absolute atomic E-state index is 13.7. The van der Waals surface area contributed by atoms with Crippen LogP contribution in [0.4, 0.5) is 10.2 Å². The second-order valence-corrected chi connectivity index (χ2v) is 4.03. The van der Waals surface area contributed by atoms with Crippen LogP contribution >= 0.6 is 0 Å². The van der Waals surface area contributed by atoms with E-state index in [0.717, 1.165) is 0 Å². The van der Waals surface area contributed by atoms with Gasteiger partial charge in [0.15, 0.2) is 11.6 Å². The Bertz CT molecular complexity index is 655.